The zero-order chi connectivity index (χ0) is 18.9. The number of carbonyl (C=O) groups is 2. The lowest BCUT2D eigenvalue weighted by atomic mass is 9.86. The number of likely N-dealkylation sites (tertiary alicyclic amines) is 1. The van der Waals surface area contributed by atoms with Crippen LogP contribution in [0.15, 0.2) is 30.3 Å². The van der Waals surface area contributed by atoms with Gasteiger partial charge in [-0.15, -0.1) is 0 Å². The molecule has 0 unspecified atom stereocenters. The van der Waals surface area contributed by atoms with E-state index in [0.717, 1.165) is 24.8 Å². The second-order valence-electron chi connectivity index (χ2n) is 8.73. The number of carbonyl (C=O) groups excluding carboxylic acids is 2. The fourth-order valence-corrected chi connectivity index (χ4v) is 4.20. The smallest absolute Gasteiger partial charge is 0.329 e. The summed E-state index contributed by atoms with van der Waals surface area (Å²) in [4.78, 5) is 27.6. The summed E-state index contributed by atoms with van der Waals surface area (Å²) in [7, 11) is 0. The highest BCUT2D eigenvalue weighted by atomic mass is 16.5. The van der Waals surface area contributed by atoms with Crippen molar-refractivity contribution in [2.24, 2.45) is 23.0 Å². The Bertz CT molecular complexity index is 653. The number of hydrogen-bond acceptors (Lipinski definition) is 4. The van der Waals surface area contributed by atoms with Crippen LogP contribution in [0, 0.1) is 17.3 Å². The fraction of sp³-hybridized carbons (Fsp3) is 0.619. The predicted molar refractivity (Wildman–Crippen MR) is 100 cm³/mol. The Morgan fingerprint density at radius 2 is 1.92 bits per heavy atom. The van der Waals surface area contributed by atoms with Crippen molar-refractivity contribution in [3.63, 3.8) is 0 Å². The SMILES string of the molecule is CC(C)(C)[C@H](N)C(=O)N1C[C@@H]2CCC[C@@H]2[C@H]1C(=O)OCc1ccccc1. The summed E-state index contributed by atoms with van der Waals surface area (Å²) in [6, 6.07) is 8.52. The van der Waals surface area contributed by atoms with E-state index in [4.69, 9.17) is 10.5 Å². The zero-order valence-corrected chi connectivity index (χ0v) is 16.0. The van der Waals surface area contributed by atoms with Gasteiger partial charge in [-0.2, -0.15) is 0 Å². The average molecular weight is 358 g/mol. The molecule has 2 N–H and O–H groups in total. The van der Waals surface area contributed by atoms with Crippen LogP contribution in [0.25, 0.3) is 0 Å². The highest BCUT2D eigenvalue weighted by Gasteiger charge is 2.51. The van der Waals surface area contributed by atoms with Gasteiger partial charge in [-0.05, 0) is 35.7 Å². The Balaban J connectivity index is 1.74. The molecule has 1 amide bonds. The normalized spacial score (nSPS) is 26.5. The summed E-state index contributed by atoms with van der Waals surface area (Å²) >= 11 is 0. The molecule has 1 aromatic carbocycles. The summed E-state index contributed by atoms with van der Waals surface area (Å²) in [5.41, 5.74) is 6.82. The second kappa shape index (κ2) is 7.39. The molecule has 1 saturated carbocycles. The molecule has 0 aromatic heterocycles. The zero-order valence-electron chi connectivity index (χ0n) is 16.0. The van der Waals surface area contributed by atoms with Crippen LogP contribution in [0.3, 0.4) is 0 Å². The van der Waals surface area contributed by atoms with Crippen LogP contribution in [-0.4, -0.2) is 35.4 Å². The molecule has 1 aliphatic carbocycles. The minimum Gasteiger partial charge on any atom is -0.459 e. The van der Waals surface area contributed by atoms with Crippen molar-refractivity contribution in [1.29, 1.82) is 0 Å². The first kappa shape index (κ1) is 18.9. The van der Waals surface area contributed by atoms with Gasteiger partial charge in [0.05, 0.1) is 6.04 Å². The molecule has 26 heavy (non-hydrogen) atoms. The molecule has 0 radical (unpaired) electrons. The van der Waals surface area contributed by atoms with Gasteiger partial charge in [0.15, 0.2) is 0 Å². The van der Waals surface area contributed by atoms with Crippen LogP contribution in [0.1, 0.15) is 45.6 Å². The van der Waals surface area contributed by atoms with Crippen molar-refractivity contribution in [1.82, 2.24) is 4.90 Å². The lowest BCUT2D eigenvalue weighted by molar-refractivity contribution is -0.157. The number of esters is 1. The molecule has 1 aromatic rings. The van der Waals surface area contributed by atoms with Gasteiger partial charge in [0.2, 0.25) is 5.91 Å². The molecule has 142 valence electrons. The lowest BCUT2D eigenvalue weighted by Gasteiger charge is -2.33. The van der Waals surface area contributed by atoms with E-state index >= 15 is 0 Å². The molecule has 4 atom stereocenters. The maximum absolute atomic E-state index is 13.0. The molecule has 1 saturated heterocycles. The average Bonchev–Trinajstić information content (AvgIpc) is 3.19. The number of hydrogen-bond donors (Lipinski definition) is 1. The third-order valence-corrected chi connectivity index (χ3v) is 5.84. The summed E-state index contributed by atoms with van der Waals surface area (Å²) in [5, 5.41) is 0. The van der Waals surface area contributed by atoms with E-state index in [1.54, 1.807) is 4.90 Å². The van der Waals surface area contributed by atoms with Crippen molar-refractivity contribution in [2.45, 2.75) is 58.7 Å². The number of fused-ring (bicyclic) bond motifs is 1. The van der Waals surface area contributed by atoms with Crippen LogP contribution in [0.2, 0.25) is 0 Å². The molecule has 2 aliphatic rings. The summed E-state index contributed by atoms with van der Waals surface area (Å²) < 4.78 is 5.59. The largest absolute Gasteiger partial charge is 0.459 e. The third-order valence-electron chi connectivity index (χ3n) is 5.84. The van der Waals surface area contributed by atoms with Gasteiger partial charge in [-0.3, -0.25) is 4.79 Å². The first-order chi connectivity index (χ1) is 12.3. The van der Waals surface area contributed by atoms with E-state index in [1.807, 2.05) is 51.1 Å². The fourth-order valence-electron chi connectivity index (χ4n) is 4.20. The summed E-state index contributed by atoms with van der Waals surface area (Å²) in [6.45, 7) is 6.72. The quantitative estimate of drug-likeness (QED) is 0.840. The number of rotatable bonds is 4. The van der Waals surface area contributed by atoms with Crippen LogP contribution in [0.5, 0.6) is 0 Å². The lowest BCUT2D eigenvalue weighted by Crippen LogP contribution is -2.54. The first-order valence-corrected chi connectivity index (χ1v) is 9.55. The van der Waals surface area contributed by atoms with Gasteiger partial charge < -0.3 is 15.4 Å². The standard InChI is InChI=1S/C21H30N2O3/c1-21(2,3)18(22)19(24)23-12-15-10-7-11-16(15)17(23)20(25)26-13-14-8-5-4-6-9-14/h4-6,8-9,15-18H,7,10-13,22H2,1-3H3/t15-,16-,17-,18+/m0/s1. The van der Waals surface area contributed by atoms with Gasteiger partial charge in [0.25, 0.3) is 0 Å². The maximum atomic E-state index is 13.0. The Hall–Kier alpha value is -1.88. The number of nitrogens with zero attached hydrogens (tertiary/aromatic N) is 1. The Morgan fingerprint density at radius 1 is 1.23 bits per heavy atom. The van der Waals surface area contributed by atoms with E-state index in [0.29, 0.717) is 12.5 Å². The van der Waals surface area contributed by atoms with Crippen molar-refractivity contribution < 1.29 is 14.3 Å². The number of nitrogens with two attached hydrogens (primary N) is 1. The molecule has 0 spiro atoms. The molecule has 5 heteroatoms. The van der Waals surface area contributed by atoms with Crippen LogP contribution >= 0.6 is 0 Å². The van der Waals surface area contributed by atoms with Gasteiger partial charge in [-0.25, -0.2) is 4.79 Å². The van der Waals surface area contributed by atoms with Crippen LogP contribution in [0.4, 0.5) is 0 Å². The monoisotopic (exact) mass is 358 g/mol. The topological polar surface area (TPSA) is 72.6 Å². The number of ether oxygens (including phenoxy) is 1. The van der Waals surface area contributed by atoms with Crippen molar-refractivity contribution >= 4 is 11.9 Å². The Kier molecular flexibility index (Phi) is 5.37. The van der Waals surface area contributed by atoms with E-state index in [1.165, 1.54) is 0 Å². The molecule has 5 nitrogen and oxygen atoms in total. The summed E-state index contributed by atoms with van der Waals surface area (Å²) in [6.07, 6.45) is 3.16. The molecular weight excluding hydrogens is 328 g/mol. The highest BCUT2D eigenvalue weighted by Crippen LogP contribution is 2.43. The Labute approximate surface area is 155 Å². The summed E-state index contributed by atoms with van der Waals surface area (Å²) in [5.74, 6) is 0.168. The van der Waals surface area contributed by atoms with Gasteiger partial charge in [0, 0.05) is 6.54 Å². The van der Waals surface area contributed by atoms with Gasteiger partial charge in [0.1, 0.15) is 12.6 Å². The number of amides is 1. The molecule has 1 aliphatic heterocycles. The molecule has 1 heterocycles. The van der Waals surface area contributed by atoms with Crippen molar-refractivity contribution in [2.75, 3.05) is 6.54 Å². The van der Waals surface area contributed by atoms with Crippen molar-refractivity contribution in [3.8, 4) is 0 Å². The van der Waals surface area contributed by atoms with Gasteiger partial charge >= 0.3 is 5.97 Å². The molecular formula is C21H30N2O3. The maximum Gasteiger partial charge on any atom is 0.329 e. The Morgan fingerprint density at radius 3 is 2.58 bits per heavy atom. The third kappa shape index (κ3) is 3.78. The first-order valence-electron chi connectivity index (χ1n) is 9.55. The molecule has 0 bridgehead atoms. The van der Waals surface area contributed by atoms with E-state index in [-0.39, 0.29) is 29.8 Å². The van der Waals surface area contributed by atoms with Crippen LogP contribution < -0.4 is 5.73 Å². The molecule has 3 rings (SSSR count). The minimum absolute atomic E-state index is 0.131. The van der Waals surface area contributed by atoms with Gasteiger partial charge in [-0.1, -0.05) is 57.5 Å². The highest BCUT2D eigenvalue weighted by molar-refractivity contribution is 5.89. The van der Waals surface area contributed by atoms with E-state index in [9.17, 15) is 9.59 Å². The van der Waals surface area contributed by atoms with Crippen LogP contribution in [-0.2, 0) is 20.9 Å². The van der Waals surface area contributed by atoms with Crippen molar-refractivity contribution in [3.05, 3.63) is 35.9 Å². The minimum atomic E-state index is -0.620. The second-order valence-corrected chi connectivity index (χ2v) is 8.73. The number of benzene rings is 1. The molecule has 2 fully saturated rings. The van der Waals surface area contributed by atoms with E-state index in [2.05, 4.69) is 0 Å². The predicted octanol–water partition coefficient (Wildman–Crippen LogP) is 2.73. The van der Waals surface area contributed by atoms with E-state index < -0.39 is 12.1 Å².